The lowest BCUT2D eigenvalue weighted by atomic mass is 9.85. The molecule has 1 aliphatic heterocycles. The largest absolute Gasteiger partial charge is 0.480 e. The van der Waals surface area contributed by atoms with Crippen LogP contribution in [0.25, 0.3) is 0 Å². The van der Waals surface area contributed by atoms with E-state index in [1.807, 2.05) is 0 Å². The van der Waals surface area contributed by atoms with E-state index in [9.17, 15) is 9.90 Å². The summed E-state index contributed by atoms with van der Waals surface area (Å²) in [7, 11) is 0. The molecule has 3 unspecified atom stereocenters. The van der Waals surface area contributed by atoms with Gasteiger partial charge in [-0.3, -0.25) is 9.69 Å². The third-order valence-electron chi connectivity index (χ3n) is 4.70. The fourth-order valence-corrected chi connectivity index (χ4v) is 4.51. The van der Waals surface area contributed by atoms with Gasteiger partial charge in [-0.15, -0.1) is 23.7 Å². The van der Waals surface area contributed by atoms with Crippen LogP contribution < -0.4 is 0 Å². The normalized spacial score (nSPS) is 29.7. The van der Waals surface area contributed by atoms with E-state index < -0.39 is 5.97 Å². The summed E-state index contributed by atoms with van der Waals surface area (Å²) >= 11 is 1.77. The fraction of sp³-hybridized carbons (Fsp3) is 0.667. The molecule has 3 rings (SSSR count). The summed E-state index contributed by atoms with van der Waals surface area (Å²) in [4.78, 5) is 15.1. The second-order valence-electron chi connectivity index (χ2n) is 5.77. The third-order valence-corrected chi connectivity index (χ3v) is 5.64. The number of carboxylic acid groups (broad SMARTS) is 1. The molecular weight excluding hydrogens is 294 g/mol. The van der Waals surface area contributed by atoms with Crippen molar-refractivity contribution in [3.8, 4) is 0 Å². The molecule has 1 aromatic rings. The standard InChI is InChI=1S/C15H21NO2S.ClH/c17-15(18)14-10-11-4-1-2-6-13(11)16(14)8-7-12-5-3-9-19-12;/h3,5,9,11,13-14H,1-2,4,6-8,10H2,(H,17,18);1H. The maximum Gasteiger partial charge on any atom is 0.320 e. The van der Waals surface area contributed by atoms with Crippen molar-refractivity contribution in [3.05, 3.63) is 22.4 Å². The Morgan fingerprint density at radius 2 is 2.20 bits per heavy atom. The Kier molecular flexibility index (Phi) is 5.47. The highest BCUT2D eigenvalue weighted by molar-refractivity contribution is 7.09. The second kappa shape index (κ2) is 6.92. The number of fused-ring (bicyclic) bond motifs is 1. The van der Waals surface area contributed by atoms with Crippen LogP contribution >= 0.6 is 23.7 Å². The molecule has 3 atom stereocenters. The first kappa shape index (κ1) is 15.8. The minimum Gasteiger partial charge on any atom is -0.480 e. The van der Waals surface area contributed by atoms with Gasteiger partial charge in [0, 0.05) is 17.5 Å². The van der Waals surface area contributed by atoms with Gasteiger partial charge in [0.25, 0.3) is 0 Å². The summed E-state index contributed by atoms with van der Waals surface area (Å²) < 4.78 is 0. The van der Waals surface area contributed by atoms with Gasteiger partial charge in [0.2, 0.25) is 0 Å². The molecule has 20 heavy (non-hydrogen) atoms. The van der Waals surface area contributed by atoms with Crippen LogP contribution in [-0.2, 0) is 11.2 Å². The quantitative estimate of drug-likeness (QED) is 0.925. The molecule has 0 spiro atoms. The molecule has 2 aliphatic rings. The van der Waals surface area contributed by atoms with Crippen LogP contribution in [0.2, 0.25) is 0 Å². The highest BCUT2D eigenvalue weighted by Gasteiger charge is 2.44. The van der Waals surface area contributed by atoms with Crippen LogP contribution in [0.5, 0.6) is 0 Å². The van der Waals surface area contributed by atoms with Crippen molar-refractivity contribution in [1.82, 2.24) is 4.90 Å². The maximum absolute atomic E-state index is 11.5. The summed E-state index contributed by atoms with van der Waals surface area (Å²) in [6.07, 6.45) is 6.83. The van der Waals surface area contributed by atoms with Crippen molar-refractivity contribution in [2.24, 2.45) is 5.92 Å². The van der Waals surface area contributed by atoms with Crippen LogP contribution in [-0.4, -0.2) is 34.6 Å². The van der Waals surface area contributed by atoms with Crippen molar-refractivity contribution in [2.45, 2.75) is 50.6 Å². The van der Waals surface area contributed by atoms with E-state index >= 15 is 0 Å². The SMILES string of the molecule is Cl.O=C(O)C1CC2CCCCC2N1CCc1cccs1. The van der Waals surface area contributed by atoms with Gasteiger partial charge in [0.15, 0.2) is 0 Å². The molecule has 1 saturated heterocycles. The predicted octanol–water partition coefficient (Wildman–Crippen LogP) is 3.43. The zero-order chi connectivity index (χ0) is 13.2. The number of rotatable bonds is 4. The molecule has 0 radical (unpaired) electrons. The Morgan fingerprint density at radius 1 is 1.40 bits per heavy atom. The number of halogens is 1. The Labute approximate surface area is 130 Å². The highest BCUT2D eigenvalue weighted by Crippen LogP contribution is 2.39. The number of likely N-dealkylation sites (tertiary alicyclic amines) is 1. The zero-order valence-electron chi connectivity index (χ0n) is 11.5. The van der Waals surface area contributed by atoms with Crippen LogP contribution in [0.15, 0.2) is 17.5 Å². The average molecular weight is 316 g/mol. The molecular formula is C15H22ClNO2S. The topological polar surface area (TPSA) is 40.5 Å². The number of nitrogens with zero attached hydrogens (tertiary/aromatic N) is 1. The van der Waals surface area contributed by atoms with E-state index in [0.29, 0.717) is 12.0 Å². The fourth-order valence-electron chi connectivity index (χ4n) is 3.81. The zero-order valence-corrected chi connectivity index (χ0v) is 13.2. The second-order valence-corrected chi connectivity index (χ2v) is 6.80. The summed E-state index contributed by atoms with van der Waals surface area (Å²) in [5.74, 6) is -0.00114. The molecule has 0 bridgehead atoms. The number of carbonyl (C=O) groups is 1. The van der Waals surface area contributed by atoms with Gasteiger partial charge < -0.3 is 5.11 Å². The smallest absolute Gasteiger partial charge is 0.320 e. The molecule has 2 fully saturated rings. The van der Waals surface area contributed by atoms with Crippen molar-refractivity contribution in [2.75, 3.05) is 6.54 Å². The van der Waals surface area contributed by atoms with Gasteiger partial charge in [-0.25, -0.2) is 0 Å². The first-order chi connectivity index (χ1) is 9.25. The molecule has 1 aliphatic carbocycles. The first-order valence-corrected chi connectivity index (χ1v) is 8.14. The van der Waals surface area contributed by atoms with Crippen LogP contribution in [0.4, 0.5) is 0 Å². The number of aliphatic carboxylic acids is 1. The van der Waals surface area contributed by atoms with Crippen LogP contribution in [0.1, 0.15) is 37.0 Å². The van der Waals surface area contributed by atoms with Crippen molar-refractivity contribution >= 4 is 29.7 Å². The molecule has 3 nitrogen and oxygen atoms in total. The Morgan fingerprint density at radius 3 is 2.90 bits per heavy atom. The number of hydrogen-bond acceptors (Lipinski definition) is 3. The highest BCUT2D eigenvalue weighted by atomic mass is 35.5. The molecule has 1 aromatic heterocycles. The third kappa shape index (κ3) is 3.18. The Hall–Kier alpha value is -0.580. The maximum atomic E-state index is 11.5. The molecule has 0 aromatic carbocycles. The van der Waals surface area contributed by atoms with E-state index in [2.05, 4.69) is 22.4 Å². The van der Waals surface area contributed by atoms with Gasteiger partial charge in [-0.05, 0) is 43.0 Å². The van der Waals surface area contributed by atoms with Crippen molar-refractivity contribution in [3.63, 3.8) is 0 Å². The summed E-state index contributed by atoms with van der Waals surface area (Å²) in [6, 6.07) is 4.50. The van der Waals surface area contributed by atoms with Crippen molar-refractivity contribution in [1.29, 1.82) is 0 Å². The summed E-state index contributed by atoms with van der Waals surface area (Å²) in [6.45, 7) is 0.901. The van der Waals surface area contributed by atoms with E-state index in [1.54, 1.807) is 11.3 Å². The van der Waals surface area contributed by atoms with Gasteiger partial charge in [0.05, 0.1) is 0 Å². The average Bonchev–Trinajstić information content (AvgIpc) is 3.03. The predicted molar refractivity (Wildman–Crippen MR) is 83.8 cm³/mol. The van der Waals surface area contributed by atoms with E-state index in [0.717, 1.165) is 19.4 Å². The lowest BCUT2D eigenvalue weighted by molar-refractivity contribution is -0.142. The molecule has 2 heterocycles. The van der Waals surface area contributed by atoms with Crippen LogP contribution in [0.3, 0.4) is 0 Å². The Bertz CT molecular complexity index is 437. The summed E-state index contributed by atoms with van der Waals surface area (Å²) in [5.41, 5.74) is 0. The van der Waals surface area contributed by atoms with E-state index in [1.165, 1.54) is 30.6 Å². The van der Waals surface area contributed by atoms with Crippen molar-refractivity contribution < 1.29 is 9.90 Å². The minimum atomic E-state index is -0.624. The number of hydrogen-bond donors (Lipinski definition) is 1. The molecule has 0 amide bonds. The Balaban J connectivity index is 0.00000147. The van der Waals surface area contributed by atoms with Gasteiger partial charge >= 0.3 is 5.97 Å². The van der Waals surface area contributed by atoms with Gasteiger partial charge in [0.1, 0.15) is 6.04 Å². The monoisotopic (exact) mass is 315 g/mol. The lowest BCUT2D eigenvalue weighted by Crippen LogP contribution is -2.43. The number of thiophene rings is 1. The molecule has 5 heteroatoms. The molecule has 1 N–H and O–H groups in total. The van der Waals surface area contributed by atoms with Crippen LogP contribution in [0, 0.1) is 5.92 Å². The molecule has 112 valence electrons. The minimum absolute atomic E-state index is 0. The number of carboxylic acids is 1. The first-order valence-electron chi connectivity index (χ1n) is 7.26. The van der Waals surface area contributed by atoms with Gasteiger partial charge in [-0.1, -0.05) is 18.9 Å². The molecule has 1 saturated carbocycles. The van der Waals surface area contributed by atoms with E-state index in [-0.39, 0.29) is 18.4 Å². The summed E-state index contributed by atoms with van der Waals surface area (Å²) in [5, 5.41) is 11.5. The van der Waals surface area contributed by atoms with Gasteiger partial charge in [-0.2, -0.15) is 0 Å². The lowest BCUT2D eigenvalue weighted by Gasteiger charge is -2.32. The van der Waals surface area contributed by atoms with E-state index in [4.69, 9.17) is 0 Å².